The second kappa shape index (κ2) is 6.24. The molecule has 0 saturated carbocycles. The number of benzene rings is 2. The summed E-state index contributed by atoms with van der Waals surface area (Å²) in [5, 5.41) is 2.62. The van der Waals surface area contributed by atoms with E-state index in [0.29, 0.717) is 17.9 Å². The Labute approximate surface area is 140 Å². The summed E-state index contributed by atoms with van der Waals surface area (Å²) >= 11 is 0. The highest BCUT2D eigenvalue weighted by atomic mass is 32.2. The third-order valence-electron chi connectivity index (χ3n) is 3.94. The van der Waals surface area contributed by atoms with Crippen molar-refractivity contribution in [3.63, 3.8) is 0 Å². The number of nitrogens with one attached hydrogen (secondary N) is 1. The molecule has 0 unspecified atom stereocenters. The molecule has 1 amide bonds. The van der Waals surface area contributed by atoms with Crippen molar-refractivity contribution in [2.45, 2.75) is 12.8 Å². The second-order valence-corrected chi connectivity index (χ2v) is 7.62. The van der Waals surface area contributed by atoms with Crippen LogP contribution in [-0.4, -0.2) is 27.1 Å². The van der Waals surface area contributed by atoms with Gasteiger partial charge in [0.2, 0.25) is 10.0 Å². The number of hydrogen-bond donors (Lipinski definition) is 1. The zero-order chi connectivity index (χ0) is 17.3. The maximum Gasteiger partial charge on any atom is 0.258 e. The maximum absolute atomic E-state index is 13.7. The first-order chi connectivity index (χ1) is 11.4. The predicted molar refractivity (Wildman–Crippen MR) is 91.3 cm³/mol. The maximum atomic E-state index is 13.7. The molecule has 3 rings (SSSR count). The Hall–Kier alpha value is -2.41. The monoisotopic (exact) mass is 348 g/mol. The van der Waals surface area contributed by atoms with Gasteiger partial charge >= 0.3 is 0 Å². The minimum absolute atomic E-state index is 0.0600. The molecular weight excluding hydrogens is 331 g/mol. The van der Waals surface area contributed by atoms with E-state index < -0.39 is 21.7 Å². The van der Waals surface area contributed by atoms with Gasteiger partial charge in [0, 0.05) is 12.2 Å². The average Bonchev–Trinajstić information content (AvgIpc) is 2.53. The minimum atomic E-state index is -3.38. The molecule has 0 aromatic heterocycles. The lowest BCUT2D eigenvalue weighted by molar-refractivity contribution is 0.102. The molecule has 5 nitrogen and oxygen atoms in total. The first-order valence-corrected chi connectivity index (χ1v) is 9.37. The van der Waals surface area contributed by atoms with Gasteiger partial charge in [0.15, 0.2) is 0 Å². The van der Waals surface area contributed by atoms with Crippen LogP contribution >= 0.6 is 0 Å². The fourth-order valence-electron chi connectivity index (χ4n) is 2.81. The molecule has 0 radical (unpaired) electrons. The Kier molecular flexibility index (Phi) is 4.28. The summed E-state index contributed by atoms with van der Waals surface area (Å²) in [4.78, 5) is 12.2. The summed E-state index contributed by atoms with van der Waals surface area (Å²) in [6.45, 7) is 0.413. The van der Waals surface area contributed by atoms with Gasteiger partial charge in [-0.25, -0.2) is 12.8 Å². The van der Waals surface area contributed by atoms with Gasteiger partial charge in [0.25, 0.3) is 5.91 Å². The van der Waals surface area contributed by atoms with Crippen molar-refractivity contribution in [3.05, 3.63) is 59.4 Å². The molecule has 0 bridgehead atoms. The van der Waals surface area contributed by atoms with Crippen LogP contribution in [0.5, 0.6) is 0 Å². The van der Waals surface area contributed by atoms with E-state index in [0.717, 1.165) is 24.7 Å². The van der Waals surface area contributed by atoms with Crippen LogP contribution in [-0.2, 0) is 16.4 Å². The molecule has 1 heterocycles. The molecule has 24 heavy (non-hydrogen) atoms. The van der Waals surface area contributed by atoms with Gasteiger partial charge in [-0.1, -0.05) is 18.2 Å². The summed E-state index contributed by atoms with van der Waals surface area (Å²) in [6, 6.07) is 10.8. The quantitative estimate of drug-likeness (QED) is 0.927. The van der Waals surface area contributed by atoms with E-state index in [-0.39, 0.29) is 5.56 Å². The van der Waals surface area contributed by atoms with Crippen LogP contribution in [0.15, 0.2) is 42.5 Å². The Balaban J connectivity index is 1.91. The van der Waals surface area contributed by atoms with Crippen molar-refractivity contribution >= 4 is 27.3 Å². The fraction of sp³-hybridized carbons (Fsp3) is 0.235. The Morgan fingerprint density at radius 2 is 1.96 bits per heavy atom. The molecule has 1 aliphatic rings. The molecule has 2 aromatic carbocycles. The molecular formula is C17H17FN2O3S. The van der Waals surface area contributed by atoms with E-state index in [4.69, 9.17) is 0 Å². The Bertz CT molecular complexity index is 896. The van der Waals surface area contributed by atoms with E-state index >= 15 is 0 Å². The average molecular weight is 348 g/mol. The number of nitrogens with zero attached hydrogens (tertiary/aromatic N) is 1. The lowest BCUT2D eigenvalue weighted by atomic mass is 10.0. The molecule has 0 atom stereocenters. The van der Waals surface area contributed by atoms with Gasteiger partial charge in [-0.3, -0.25) is 9.10 Å². The molecule has 0 saturated heterocycles. The fourth-order valence-corrected chi connectivity index (χ4v) is 3.79. The number of carbonyl (C=O) groups is 1. The standard InChI is InChI=1S/C17H17FN2O3S/c1-24(22,23)20-10-4-5-12-8-9-13(11-16(12)20)19-17(21)14-6-2-3-7-15(14)18/h2-3,6-9,11H,4-5,10H2,1H3,(H,19,21). The first kappa shape index (κ1) is 16.4. The van der Waals surface area contributed by atoms with Crippen LogP contribution in [0.25, 0.3) is 0 Å². The molecule has 7 heteroatoms. The van der Waals surface area contributed by atoms with E-state index in [9.17, 15) is 17.6 Å². The van der Waals surface area contributed by atoms with Gasteiger partial charge in [-0.2, -0.15) is 0 Å². The van der Waals surface area contributed by atoms with Crippen LogP contribution in [0, 0.1) is 5.82 Å². The highest BCUT2D eigenvalue weighted by Crippen LogP contribution is 2.31. The van der Waals surface area contributed by atoms with Crippen molar-refractivity contribution in [1.29, 1.82) is 0 Å². The summed E-state index contributed by atoms with van der Waals surface area (Å²) < 4.78 is 38.9. The zero-order valence-corrected chi connectivity index (χ0v) is 13.9. The van der Waals surface area contributed by atoms with Gasteiger partial charge in [-0.15, -0.1) is 0 Å². The van der Waals surface area contributed by atoms with E-state index in [2.05, 4.69) is 5.32 Å². The smallest absolute Gasteiger partial charge is 0.258 e. The van der Waals surface area contributed by atoms with Gasteiger partial charge < -0.3 is 5.32 Å². The van der Waals surface area contributed by atoms with E-state index in [1.165, 1.54) is 22.5 Å². The normalized spacial score (nSPS) is 14.2. The lowest BCUT2D eigenvalue weighted by Gasteiger charge is -2.29. The van der Waals surface area contributed by atoms with Crippen LogP contribution in [0.1, 0.15) is 22.3 Å². The highest BCUT2D eigenvalue weighted by Gasteiger charge is 2.24. The number of aryl methyl sites for hydroxylation is 1. The molecule has 1 aliphatic heterocycles. The molecule has 0 aliphatic carbocycles. The van der Waals surface area contributed by atoms with Crippen LogP contribution in [0.3, 0.4) is 0 Å². The van der Waals surface area contributed by atoms with E-state index in [1.807, 2.05) is 0 Å². The second-order valence-electron chi connectivity index (χ2n) is 5.72. The molecule has 1 N–H and O–H groups in total. The van der Waals surface area contributed by atoms with Crippen molar-refractivity contribution in [3.8, 4) is 0 Å². The summed E-state index contributed by atoms with van der Waals surface area (Å²) in [5.74, 6) is -1.18. The van der Waals surface area contributed by atoms with Crippen LogP contribution in [0.4, 0.5) is 15.8 Å². The Morgan fingerprint density at radius 1 is 1.21 bits per heavy atom. The SMILES string of the molecule is CS(=O)(=O)N1CCCc2ccc(NC(=O)c3ccccc3F)cc21. The third kappa shape index (κ3) is 3.26. The number of halogens is 1. The summed E-state index contributed by atoms with van der Waals surface area (Å²) in [7, 11) is -3.38. The number of carbonyl (C=O) groups excluding carboxylic acids is 1. The van der Waals surface area contributed by atoms with Crippen molar-refractivity contribution < 1.29 is 17.6 Å². The number of hydrogen-bond acceptors (Lipinski definition) is 3. The molecule has 0 spiro atoms. The van der Waals surface area contributed by atoms with Gasteiger partial charge in [-0.05, 0) is 42.7 Å². The first-order valence-electron chi connectivity index (χ1n) is 7.53. The van der Waals surface area contributed by atoms with Crippen molar-refractivity contribution in [1.82, 2.24) is 0 Å². The van der Waals surface area contributed by atoms with E-state index in [1.54, 1.807) is 24.3 Å². The highest BCUT2D eigenvalue weighted by molar-refractivity contribution is 7.92. The number of anilines is 2. The van der Waals surface area contributed by atoms with Crippen molar-refractivity contribution in [2.75, 3.05) is 22.4 Å². The molecule has 0 fully saturated rings. The molecule has 2 aromatic rings. The zero-order valence-electron chi connectivity index (χ0n) is 13.1. The third-order valence-corrected chi connectivity index (χ3v) is 5.12. The molecule has 126 valence electrons. The number of rotatable bonds is 3. The largest absolute Gasteiger partial charge is 0.322 e. The van der Waals surface area contributed by atoms with Crippen molar-refractivity contribution in [2.24, 2.45) is 0 Å². The van der Waals surface area contributed by atoms with Gasteiger partial charge in [0.1, 0.15) is 5.82 Å². The lowest BCUT2D eigenvalue weighted by Crippen LogP contribution is -2.34. The van der Waals surface area contributed by atoms with Gasteiger partial charge in [0.05, 0.1) is 17.5 Å². The number of sulfonamides is 1. The minimum Gasteiger partial charge on any atom is -0.322 e. The van der Waals surface area contributed by atoms with Crippen LogP contribution in [0.2, 0.25) is 0 Å². The topological polar surface area (TPSA) is 66.5 Å². The number of amides is 1. The Morgan fingerprint density at radius 3 is 2.67 bits per heavy atom. The summed E-state index contributed by atoms with van der Waals surface area (Å²) in [5.41, 5.74) is 1.85. The van der Waals surface area contributed by atoms with Crippen LogP contribution < -0.4 is 9.62 Å². The summed E-state index contributed by atoms with van der Waals surface area (Å²) in [6.07, 6.45) is 2.69. The predicted octanol–water partition coefficient (Wildman–Crippen LogP) is 2.79. The number of fused-ring (bicyclic) bond motifs is 1.